The SMILES string of the molecule is CC(C)NCc1cccc(Br)c1OCCC(C)(C)C#N. The quantitative estimate of drug-likeness (QED) is 0.807. The molecular formula is C16H23BrN2O. The van der Waals surface area contributed by atoms with E-state index in [1.807, 2.05) is 26.0 Å². The van der Waals surface area contributed by atoms with Crippen molar-refractivity contribution in [2.24, 2.45) is 5.41 Å². The number of nitrogens with zero attached hydrogens (tertiary/aromatic N) is 1. The zero-order valence-corrected chi connectivity index (χ0v) is 14.3. The number of hydrogen-bond acceptors (Lipinski definition) is 3. The van der Waals surface area contributed by atoms with Gasteiger partial charge in [-0.05, 0) is 42.3 Å². The van der Waals surface area contributed by atoms with Gasteiger partial charge in [0.05, 0.1) is 22.6 Å². The van der Waals surface area contributed by atoms with Crippen molar-refractivity contribution in [2.75, 3.05) is 6.61 Å². The maximum absolute atomic E-state index is 9.02. The standard InChI is InChI=1S/C16H23BrN2O/c1-12(2)19-10-13-6-5-7-14(17)15(13)20-9-8-16(3,4)11-18/h5-7,12,19H,8-10H2,1-4H3. The number of rotatable bonds is 7. The summed E-state index contributed by atoms with van der Waals surface area (Å²) in [5.41, 5.74) is 0.778. The molecule has 0 saturated carbocycles. The highest BCUT2D eigenvalue weighted by Gasteiger charge is 2.17. The van der Waals surface area contributed by atoms with Crippen molar-refractivity contribution in [3.63, 3.8) is 0 Å². The average molecular weight is 339 g/mol. The van der Waals surface area contributed by atoms with E-state index in [0.717, 1.165) is 22.3 Å². The van der Waals surface area contributed by atoms with Crippen LogP contribution in [0.4, 0.5) is 0 Å². The van der Waals surface area contributed by atoms with Crippen molar-refractivity contribution in [1.82, 2.24) is 5.32 Å². The van der Waals surface area contributed by atoms with E-state index < -0.39 is 0 Å². The van der Waals surface area contributed by atoms with Gasteiger partial charge in [-0.2, -0.15) is 5.26 Å². The third kappa shape index (κ3) is 5.52. The molecule has 3 nitrogen and oxygen atoms in total. The van der Waals surface area contributed by atoms with Crippen molar-refractivity contribution >= 4 is 15.9 Å². The Hall–Kier alpha value is -1.05. The molecule has 1 aromatic rings. The van der Waals surface area contributed by atoms with Crippen molar-refractivity contribution < 1.29 is 4.74 Å². The van der Waals surface area contributed by atoms with E-state index in [2.05, 4.69) is 47.2 Å². The Kier molecular flexibility index (Phi) is 6.51. The van der Waals surface area contributed by atoms with Gasteiger partial charge in [0, 0.05) is 18.2 Å². The van der Waals surface area contributed by atoms with Gasteiger partial charge in [0.1, 0.15) is 5.75 Å². The molecule has 20 heavy (non-hydrogen) atoms. The van der Waals surface area contributed by atoms with Crippen LogP contribution in [0.2, 0.25) is 0 Å². The molecule has 1 N–H and O–H groups in total. The monoisotopic (exact) mass is 338 g/mol. The minimum Gasteiger partial charge on any atom is -0.492 e. The summed E-state index contributed by atoms with van der Waals surface area (Å²) < 4.78 is 6.85. The summed E-state index contributed by atoms with van der Waals surface area (Å²) in [7, 11) is 0. The first-order valence-electron chi connectivity index (χ1n) is 6.90. The Labute approximate surface area is 130 Å². The number of ether oxygens (including phenoxy) is 1. The molecule has 0 spiro atoms. The number of nitriles is 1. The second-order valence-corrected chi connectivity index (χ2v) is 6.71. The lowest BCUT2D eigenvalue weighted by Crippen LogP contribution is -2.22. The maximum Gasteiger partial charge on any atom is 0.137 e. The van der Waals surface area contributed by atoms with E-state index in [0.29, 0.717) is 19.1 Å². The number of benzene rings is 1. The molecule has 0 fully saturated rings. The van der Waals surface area contributed by atoms with E-state index in [4.69, 9.17) is 10.00 Å². The minimum atomic E-state index is -0.350. The predicted octanol–water partition coefficient (Wildman–Crippen LogP) is 4.27. The van der Waals surface area contributed by atoms with Crippen LogP contribution in [-0.2, 0) is 6.54 Å². The molecule has 0 aromatic heterocycles. The smallest absolute Gasteiger partial charge is 0.137 e. The van der Waals surface area contributed by atoms with Crippen LogP contribution in [0.5, 0.6) is 5.75 Å². The number of nitrogens with one attached hydrogen (secondary N) is 1. The van der Waals surface area contributed by atoms with Crippen LogP contribution in [-0.4, -0.2) is 12.6 Å². The molecule has 0 bridgehead atoms. The molecule has 4 heteroatoms. The molecule has 0 saturated heterocycles. The zero-order valence-electron chi connectivity index (χ0n) is 12.7. The number of hydrogen-bond donors (Lipinski definition) is 1. The second-order valence-electron chi connectivity index (χ2n) is 5.86. The van der Waals surface area contributed by atoms with Crippen LogP contribution in [0, 0.1) is 16.7 Å². The van der Waals surface area contributed by atoms with Gasteiger partial charge in [-0.15, -0.1) is 0 Å². The summed E-state index contributed by atoms with van der Waals surface area (Å²) in [5, 5.41) is 12.4. The zero-order chi connectivity index (χ0) is 15.2. The van der Waals surface area contributed by atoms with Gasteiger partial charge in [-0.25, -0.2) is 0 Å². The van der Waals surface area contributed by atoms with E-state index in [-0.39, 0.29) is 5.41 Å². The molecule has 0 aliphatic carbocycles. The normalized spacial score (nSPS) is 11.4. The maximum atomic E-state index is 9.02. The molecule has 0 unspecified atom stereocenters. The molecule has 110 valence electrons. The number of para-hydroxylation sites is 1. The summed E-state index contributed by atoms with van der Waals surface area (Å²) in [6, 6.07) is 8.77. The fourth-order valence-electron chi connectivity index (χ4n) is 1.63. The third-order valence-electron chi connectivity index (χ3n) is 3.03. The van der Waals surface area contributed by atoms with Crippen LogP contribution in [0.3, 0.4) is 0 Å². The molecule has 0 amide bonds. The van der Waals surface area contributed by atoms with Gasteiger partial charge >= 0.3 is 0 Å². The van der Waals surface area contributed by atoms with Crippen molar-refractivity contribution in [3.8, 4) is 11.8 Å². The largest absolute Gasteiger partial charge is 0.492 e. The molecule has 1 rings (SSSR count). The highest BCUT2D eigenvalue weighted by atomic mass is 79.9. The first kappa shape index (κ1) is 17.0. The van der Waals surface area contributed by atoms with Crippen molar-refractivity contribution in [3.05, 3.63) is 28.2 Å². The van der Waals surface area contributed by atoms with Crippen LogP contribution in [0.25, 0.3) is 0 Å². The van der Waals surface area contributed by atoms with Gasteiger partial charge in [-0.3, -0.25) is 0 Å². The molecule has 0 aliphatic heterocycles. The highest BCUT2D eigenvalue weighted by molar-refractivity contribution is 9.10. The molecule has 0 aliphatic rings. The lowest BCUT2D eigenvalue weighted by Gasteiger charge is -2.18. The highest BCUT2D eigenvalue weighted by Crippen LogP contribution is 2.30. The Bertz CT molecular complexity index is 478. The van der Waals surface area contributed by atoms with Gasteiger partial charge in [0.25, 0.3) is 0 Å². The summed E-state index contributed by atoms with van der Waals surface area (Å²) >= 11 is 3.53. The third-order valence-corrected chi connectivity index (χ3v) is 3.65. The topological polar surface area (TPSA) is 45.0 Å². The Balaban J connectivity index is 2.71. The van der Waals surface area contributed by atoms with Crippen molar-refractivity contribution in [1.29, 1.82) is 5.26 Å². The summed E-state index contributed by atoms with van der Waals surface area (Å²) in [6.45, 7) is 9.41. The first-order chi connectivity index (χ1) is 9.35. The second kappa shape index (κ2) is 7.66. The Morgan fingerprint density at radius 2 is 2.10 bits per heavy atom. The summed E-state index contributed by atoms with van der Waals surface area (Å²) in [6.07, 6.45) is 0.710. The van der Waals surface area contributed by atoms with Crippen LogP contribution < -0.4 is 10.1 Å². The van der Waals surface area contributed by atoms with E-state index in [1.165, 1.54) is 0 Å². The summed E-state index contributed by atoms with van der Waals surface area (Å²) in [5.74, 6) is 0.870. The van der Waals surface area contributed by atoms with Gasteiger partial charge < -0.3 is 10.1 Å². The fourth-order valence-corrected chi connectivity index (χ4v) is 2.15. The molecule has 0 atom stereocenters. The van der Waals surface area contributed by atoms with Crippen LogP contribution in [0.1, 0.15) is 39.7 Å². The van der Waals surface area contributed by atoms with Crippen LogP contribution >= 0.6 is 15.9 Å². The lowest BCUT2D eigenvalue weighted by atomic mass is 9.92. The van der Waals surface area contributed by atoms with Crippen molar-refractivity contribution in [2.45, 2.75) is 46.7 Å². The first-order valence-corrected chi connectivity index (χ1v) is 7.70. The van der Waals surface area contributed by atoms with Gasteiger partial charge in [0.2, 0.25) is 0 Å². The Morgan fingerprint density at radius 1 is 1.40 bits per heavy atom. The minimum absolute atomic E-state index is 0.350. The Morgan fingerprint density at radius 3 is 2.70 bits per heavy atom. The molecule has 0 radical (unpaired) electrons. The van der Waals surface area contributed by atoms with E-state index in [9.17, 15) is 0 Å². The predicted molar refractivity (Wildman–Crippen MR) is 85.6 cm³/mol. The number of halogens is 1. The molecule has 1 aromatic carbocycles. The van der Waals surface area contributed by atoms with Gasteiger partial charge in [-0.1, -0.05) is 26.0 Å². The van der Waals surface area contributed by atoms with Crippen LogP contribution in [0.15, 0.2) is 22.7 Å². The van der Waals surface area contributed by atoms with E-state index >= 15 is 0 Å². The van der Waals surface area contributed by atoms with E-state index in [1.54, 1.807) is 0 Å². The lowest BCUT2D eigenvalue weighted by molar-refractivity contribution is 0.260. The average Bonchev–Trinajstić information content (AvgIpc) is 2.38. The van der Waals surface area contributed by atoms with Gasteiger partial charge in [0.15, 0.2) is 0 Å². The molecular weight excluding hydrogens is 316 g/mol. The fraction of sp³-hybridized carbons (Fsp3) is 0.562. The summed E-state index contributed by atoms with van der Waals surface area (Å²) in [4.78, 5) is 0. The molecule has 0 heterocycles.